The topological polar surface area (TPSA) is 65.0 Å². The molecule has 0 radical (unpaired) electrons. The Bertz CT molecular complexity index is 981. The lowest BCUT2D eigenvalue weighted by Gasteiger charge is -2.52. The molecule has 6 aliphatic heterocycles. The number of hydrogen-bond acceptors (Lipinski definition) is 6. The van der Waals surface area contributed by atoms with Crippen LogP contribution < -0.4 is 16.2 Å². The van der Waals surface area contributed by atoms with Crippen molar-refractivity contribution in [2.24, 2.45) is 17.8 Å². The average Bonchev–Trinajstić information content (AvgIpc) is 2.89. The lowest BCUT2D eigenvalue weighted by molar-refractivity contribution is -0.0189. The summed E-state index contributed by atoms with van der Waals surface area (Å²) in [4.78, 5) is 20.2. The van der Waals surface area contributed by atoms with Gasteiger partial charge in [-0.2, -0.15) is 0 Å². The zero-order valence-corrected chi connectivity index (χ0v) is 22.3. The maximum atomic E-state index is 12.3. The number of aromatic nitrogens is 1. The smallest absolute Gasteiger partial charge is 0.250 e. The summed E-state index contributed by atoms with van der Waals surface area (Å²) in [7, 11) is 0. The van der Waals surface area contributed by atoms with Crippen LogP contribution in [-0.2, 0) is 11.3 Å². The fourth-order valence-corrected chi connectivity index (χ4v) is 7.76. The number of likely N-dealkylation sites (tertiary alicyclic amines) is 1. The van der Waals surface area contributed by atoms with E-state index in [2.05, 4.69) is 31.4 Å². The number of pyridine rings is 1. The minimum atomic E-state index is 0.180. The van der Waals surface area contributed by atoms with E-state index in [9.17, 15) is 4.79 Å². The maximum Gasteiger partial charge on any atom is 0.250 e. The average molecular weight is 515 g/mol. The van der Waals surface area contributed by atoms with Crippen LogP contribution in [0, 0.1) is 17.8 Å². The molecule has 0 aliphatic carbocycles. The van der Waals surface area contributed by atoms with Gasteiger partial charge in [-0.3, -0.25) is 14.6 Å². The van der Waals surface area contributed by atoms with E-state index >= 15 is 0 Å². The minimum absolute atomic E-state index is 0.180. The molecular weight excluding hydrogens is 472 g/mol. The van der Waals surface area contributed by atoms with Crippen LogP contribution in [0.1, 0.15) is 30.9 Å². The van der Waals surface area contributed by atoms with Crippen LogP contribution in [0.25, 0.3) is 0 Å². The SMILES string of the molecule is O=c1cccc2n1C[C@H]1C[C@@H]2CN(C[C@H]2CN3CC[C@H]2C[C@@H]3CNC(=S)NCCN2CCOCC2)C1. The van der Waals surface area contributed by atoms with Crippen LogP contribution in [0.5, 0.6) is 0 Å². The Morgan fingerprint density at radius 3 is 2.75 bits per heavy atom. The molecular formula is C27H42N6O2S. The monoisotopic (exact) mass is 514 g/mol. The van der Waals surface area contributed by atoms with E-state index < -0.39 is 0 Å². The zero-order chi connectivity index (χ0) is 24.5. The highest BCUT2D eigenvalue weighted by Crippen LogP contribution is 2.39. The standard InChI is InChI=1S/C27H42N6O2S/c34-26-3-1-2-25-22-12-20(16-33(25)26)15-31(17-22)18-23-19-32-6-4-21(23)13-24(32)14-29-27(36)28-5-7-30-8-10-35-11-9-30/h1-3,20-24H,4-19H2,(H2,28,29,36)/t20-,21-,22+,23-,24+/m0/s1. The summed E-state index contributed by atoms with van der Waals surface area (Å²) in [6.45, 7) is 13.4. The Balaban J connectivity index is 0.953. The predicted molar refractivity (Wildman–Crippen MR) is 145 cm³/mol. The van der Waals surface area contributed by atoms with Crippen LogP contribution >= 0.6 is 12.2 Å². The van der Waals surface area contributed by atoms with Crippen molar-refractivity contribution >= 4 is 17.3 Å². The molecule has 1 aromatic rings. The molecule has 7 rings (SSSR count). The summed E-state index contributed by atoms with van der Waals surface area (Å²) < 4.78 is 7.47. The number of thiocarbonyl (C=S) groups is 1. The van der Waals surface area contributed by atoms with Crippen molar-refractivity contribution in [3.05, 3.63) is 34.2 Å². The van der Waals surface area contributed by atoms with Crippen LogP contribution in [-0.4, -0.2) is 109 Å². The van der Waals surface area contributed by atoms with Gasteiger partial charge < -0.3 is 24.8 Å². The molecule has 5 fully saturated rings. The van der Waals surface area contributed by atoms with Gasteiger partial charge in [-0.25, -0.2) is 0 Å². The van der Waals surface area contributed by atoms with Crippen molar-refractivity contribution in [3.8, 4) is 0 Å². The normalized spacial score (nSPS) is 34.2. The van der Waals surface area contributed by atoms with E-state index in [0.29, 0.717) is 17.9 Å². The third-order valence-corrected chi connectivity index (χ3v) is 9.67. The quantitative estimate of drug-likeness (QED) is 0.518. The lowest BCUT2D eigenvalue weighted by Crippen LogP contribution is -2.59. The molecule has 1 aromatic heterocycles. The second kappa shape index (κ2) is 11.1. The molecule has 4 bridgehead atoms. The third-order valence-electron chi connectivity index (χ3n) is 9.38. The first-order chi connectivity index (χ1) is 17.6. The van der Waals surface area contributed by atoms with Crippen molar-refractivity contribution in [2.45, 2.75) is 37.8 Å². The number of nitrogens with zero attached hydrogens (tertiary/aromatic N) is 4. The van der Waals surface area contributed by atoms with Crippen molar-refractivity contribution in [2.75, 3.05) is 78.7 Å². The van der Waals surface area contributed by atoms with E-state index in [1.807, 2.05) is 10.6 Å². The zero-order valence-electron chi connectivity index (χ0n) is 21.4. The van der Waals surface area contributed by atoms with Crippen molar-refractivity contribution < 1.29 is 4.74 Å². The number of rotatable bonds is 7. The molecule has 2 N–H and O–H groups in total. The van der Waals surface area contributed by atoms with Gasteiger partial charge in [0.1, 0.15) is 0 Å². The van der Waals surface area contributed by atoms with E-state index in [-0.39, 0.29) is 5.56 Å². The molecule has 1 unspecified atom stereocenters. The Hall–Kier alpha value is -1.52. The first kappa shape index (κ1) is 24.8. The maximum absolute atomic E-state index is 12.3. The first-order valence-electron chi connectivity index (χ1n) is 14.1. The van der Waals surface area contributed by atoms with Gasteiger partial charge in [0.2, 0.25) is 0 Å². The van der Waals surface area contributed by atoms with Gasteiger partial charge in [-0.15, -0.1) is 0 Å². The summed E-state index contributed by atoms with van der Waals surface area (Å²) in [6, 6.07) is 6.44. The molecule has 8 nitrogen and oxygen atoms in total. The van der Waals surface area contributed by atoms with Gasteiger partial charge in [0, 0.05) is 89.2 Å². The van der Waals surface area contributed by atoms with Gasteiger partial charge in [0.15, 0.2) is 5.11 Å². The highest BCUT2D eigenvalue weighted by Gasteiger charge is 2.42. The second-order valence-corrected chi connectivity index (χ2v) is 12.1. The second-order valence-electron chi connectivity index (χ2n) is 11.7. The summed E-state index contributed by atoms with van der Waals surface area (Å²) >= 11 is 5.57. The fraction of sp³-hybridized carbons (Fsp3) is 0.778. The van der Waals surface area contributed by atoms with E-state index in [4.69, 9.17) is 17.0 Å². The van der Waals surface area contributed by atoms with Crippen LogP contribution in [0.2, 0.25) is 0 Å². The summed E-state index contributed by atoms with van der Waals surface area (Å²) in [5.74, 6) is 2.72. The van der Waals surface area contributed by atoms with Crippen molar-refractivity contribution in [3.63, 3.8) is 0 Å². The van der Waals surface area contributed by atoms with Gasteiger partial charge in [-0.05, 0) is 61.8 Å². The lowest BCUT2D eigenvalue weighted by atomic mass is 9.74. The van der Waals surface area contributed by atoms with Crippen LogP contribution in [0.3, 0.4) is 0 Å². The molecule has 6 atom stereocenters. The molecule has 5 saturated heterocycles. The summed E-state index contributed by atoms with van der Waals surface area (Å²) in [5.41, 5.74) is 1.44. The molecule has 6 aliphatic rings. The largest absolute Gasteiger partial charge is 0.379 e. The predicted octanol–water partition coefficient (Wildman–Crippen LogP) is 0.774. The van der Waals surface area contributed by atoms with Crippen LogP contribution in [0.4, 0.5) is 0 Å². The molecule has 7 heterocycles. The molecule has 0 saturated carbocycles. The highest BCUT2D eigenvalue weighted by molar-refractivity contribution is 7.80. The molecule has 0 spiro atoms. The van der Waals surface area contributed by atoms with Gasteiger partial charge >= 0.3 is 0 Å². The Morgan fingerprint density at radius 2 is 1.92 bits per heavy atom. The summed E-state index contributed by atoms with van der Waals surface area (Å²) in [6.07, 6.45) is 3.86. The molecule has 9 heteroatoms. The van der Waals surface area contributed by atoms with Crippen molar-refractivity contribution in [1.82, 2.24) is 29.9 Å². The fourth-order valence-electron chi connectivity index (χ4n) is 7.57. The minimum Gasteiger partial charge on any atom is -0.379 e. The highest BCUT2D eigenvalue weighted by atomic mass is 32.1. The first-order valence-corrected chi connectivity index (χ1v) is 14.5. The number of piperidine rings is 4. The van der Waals surface area contributed by atoms with Gasteiger partial charge in [0.25, 0.3) is 5.56 Å². The van der Waals surface area contributed by atoms with Crippen molar-refractivity contribution in [1.29, 1.82) is 0 Å². The van der Waals surface area contributed by atoms with E-state index in [0.717, 1.165) is 82.5 Å². The number of morpholine rings is 1. The number of nitrogens with one attached hydrogen (secondary N) is 2. The van der Waals surface area contributed by atoms with Crippen LogP contribution in [0.15, 0.2) is 23.0 Å². The Kier molecular flexibility index (Phi) is 7.63. The molecule has 36 heavy (non-hydrogen) atoms. The van der Waals surface area contributed by atoms with Gasteiger partial charge in [0.05, 0.1) is 13.2 Å². The summed E-state index contributed by atoms with van der Waals surface area (Å²) in [5, 5.41) is 7.70. The number of ether oxygens (including phenoxy) is 1. The molecule has 0 amide bonds. The molecule has 198 valence electrons. The van der Waals surface area contributed by atoms with Gasteiger partial charge in [-0.1, -0.05) is 6.07 Å². The molecule has 0 aromatic carbocycles. The Morgan fingerprint density at radius 1 is 1.03 bits per heavy atom. The van der Waals surface area contributed by atoms with E-state index in [1.165, 1.54) is 44.6 Å². The number of fused-ring (bicyclic) bond motifs is 7. The van der Waals surface area contributed by atoms with E-state index in [1.54, 1.807) is 6.07 Å². The Labute approximate surface area is 220 Å². The third kappa shape index (κ3) is 5.50. The number of hydrogen-bond donors (Lipinski definition) is 2.